The Morgan fingerprint density at radius 1 is 1.03 bits per heavy atom. The number of alkyl halides is 3. The summed E-state index contributed by atoms with van der Waals surface area (Å²) in [7, 11) is 5.17. The zero-order valence-electron chi connectivity index (χ0n) is 18.9. The van der Waals surface area contributed by atoms with Gasteiger partial charge in [0.25, 0.3) is 0 Å². The van der Waals surface area contributed by atoms with Crippen LogP contribution in [0.3, 0.4) is 0 Å². The topological polar surface area (TPSA) is 46.6 Å². The molecule has 4 rings (SSSR count). The third-order valence-corrected chi connectivity index (χ3v) is 5.89. The number of pyridine rings is 1. The first-order valence-corrected chi connectivity index (χ1v) is 10.6. The minimum absolute atomic E-state index is 0.0596. The van der Waals surface area contributed by atoms with E-state index >= 15 is 0 Å². The predicted molar refractivity (Wildman–Crippen MR) is 120 cm³/mol. The van der Waals surface area contributed by atoms with E-state index in [0.717, 1.165) is 29.3 Å². The third kappa shape index (κ3) is 4.54. The minimum Gasteiger partial charge on any atom is -0.493 e. The molecule has 2 heterocycles. The fraction of sp³-hybridized carbons (Fsp3) is 0.320. The molecule has 0 saturated carbocycles. The fourth-order valence-corrected chi connectivity index (χ4v) is 4.49. The number of nitrogens with zero attached hydrogens (tertiary/aromatic N) is 2. The molecule has 8 heteroatoms. The first-order chi connectivity index (χ1) is 15.7. The second-order valence-electron chi connectivity index (χ2n) is 8.17. The van der Waals surface area contributed by atoms with Gasteiger partial charge in [-0.05, 0) is 53.8 Å². The van der Waals surface area contributed by atoms with Gasteiger partial charge in [-0.25, -0.2) is 5.01 Å². The first-order valence-electron chi connectivity index (χ1n) is 10.6. The van der Waals surface area contributed by atoms with Crippen molar-refractivity contribution in [2.45, 2.75) is 31.6 Å². The number of aromatic nitrogens is 1. The monoisotopic (exact) mass is 457 g/mol. The molecule has 2 unspecified atom stereocenters. The van der Waals surface area contributed by atoms with Gasteiger partial charge in [0.15, 0.2) is 17.2 Å². The van der Waals surface area contributed by atoms with Gasteiger partial charge in [-0.3, -0.25) is 10.4 Å². The highest BCUT2D eigenvalue weighted by Crippen LogP contribution is 2.40. The zero-order chi connectivity index (χ0) is 23.8. The number of rotatable bonds is 4. The Hall–Kier alpha value is -3.10. The standard InChI is InChI=1S/C25H26F3N3O2/c1-15-12-18-13-21(32-3)22(33-4)14-20(18)23(31(2)30-15)17-9-7-16(8-10-17)19-6-5-11-29-24(19)25(26,27)28/h5-11,13-15,23,30H,12H2,1-4H3. The average Bonchev–Trinajstić information content (AvgIpc) is 2.91. The smallest absolute Gasteiger partial charge is 0.433 e. The van der Waals surface area contributed by atoms with Gasteiger partial charge in [-0.1, -0.05) is 30.3 Å². The van der Waals surface area contributed by atoms with Crippen molar-refractivity contribution in [1.82, 2.24) is 15.4 Å². The van der Waals surface area contributed by atoms with Crippen LogP contribution in [0.5, 0.6) is 11.5 Å². The fourth-order valence-electron chi connectivity index (χ4n) is 4.49. The summed E-state index contributed by atoms with van der Waals surface area (Å²) in [6.07, 6.45) is -2.57. The van der Waals surface area contributed by atoms with E-state index < -0.39 is 11.9 Å². The number of nitrogens with one attached hydrogen (secondary N) is 1. The van der Waals surface area contributed by atoms with Crippen LogP contribution in [-0.2, 0) is 12.6 Å². The normalized spacial score (nSPS) is 19.0. The number of hydrazine groups is 1. The summed E-state index contributed by atoms with van der Waals surface area (Å²) in [4.78, 5) is 3.57. The number of hydrogen-bond acceptors (Lipinski definition) is 5. The maximum atomic E-state index is 13.4. The van der Waals surface area contributed by atoms with Crippen LogP contribution in [0.2, 0.25) is 0 Å². The SMILES string of the molecule is COc1cc2c(cc1OC)C(c1ccc(-c3cccnc3C(F)(F)F)cc1)N(C)NC(C)C2. The van der Waals surface area contributed by atoms with Crippen molar-refractivity contribution >= 4 is 0 Å². The lowest BCUT2D eigenvalue weighted by Gasteiger charge is -2.29. The lowest BCUT2D eigenvalue weighted by Crippen LogP contribution is -2.42. The summed E-state index contributed by atoms with van der Waals surface area (Å²) >= 11 is 0. The van der Waals surface area contributed by atoms with Crippen molar-refractivity contribution < 1.29 is 22.6 Å². The van der Waals surface area contributed by atoms with Crippen LogP contribution in [0, 0.1) is 0 Å². The molecule has 174 valence electrons. The van der Waals surface area contributed by atoms with Crippen LogP contribution in [0.25, 0.3) is 11.1 Å². The van der Waals surface area contributed by atoms with Crippen LogP contribution in [0.4, 0.5) is 13.2 Å². The highest BCUT2D eigenvalue weighted by Gasteiger charge is 2.35. The number of fused-ring (bicyclic) bond motifs is 1. The van der Waals surface area contributed by atoms with Gasteiger partial charge < -0.3 is 9.47 Å². The van der Waals surface area contributed by atoms with Crippen LogP contribution < -0.4 is 14.9 Å². The summed E-state index contributed by atoms with van der Waals surface area (Å²) < 4.78 is 51.3. The Morgan fingerprint density at radius 2 is 1.70 bits per heavy atom. The molecule has 0 radical (unpaired) electrons. The maximum absolute atomic E-state index is 13.4. The van der Waals surface area contributed by atoms with Gasteiger partial charge in [-0.15, -0.1) is 0 Å². The second-order valence-corrected chi connectivity index (χ2v) is 8.17. The molecule has 0 amide bonds. The highest BCUT2D eigenvalue weighted by atomic mass is 19.4. The Balaban J connectivity index is 1.79. The van der Waals surface area contributed by atoms with Gasteiger partial charge in [-0.2, -0.15) is 13.2 Å². The number of benzene rings is 2. The summed E-state index contributed by atoms with van der Waals surface area (Å²) in [5.74, 6) is 1.30. The zero-order valence-corrected chi connectivity index (χ0v) is 18.9. The van der Waals surface area contributed by atoms with Crippen LogP contribution >= 0.6 is 0 Å². The first kappa shape index (κ1) is 23.1. The van der Waals surface area contributed by atoms with E-state index in [-0.39, 0.29) is 17.6 Å². The Bertz CT molecular complexity index is 1130. The van der Waals surface area contributed by atoms with Crippen molar-refractivity contribution in [3.05, 3.63) is 77.1 Å². The Morgan fingerprint density at radius 3 is 2.33 bits per heavy atom. The lowest BCUT2D eigenvalue weighted by atomic mass is 9.91. The molecule has 0 spiro atoms. The van der Waals surface area contributed by atoms with E-state index in [4.69, 9.17) is 9.47 Å². The quantitative estimate of drug-likeness (QED) is 0.580. The summed E-state index contributed by atoms with van der Waals surface area (Å²) in [5.41, 5.74) is 6.23. The Kier molecular flexibility index (Phi) is 6.32. The van der Waals surface area contributed by atoms with Gasteiger partial charge in [0.2, 0.25) is 0 Å². The molecular weight excluding hydrogens is 431 g/mol. The molecule has 5 nitrogen and oxygen atoms in total. The van der Waals surface area contributed by atoms with E-state index in [0.29, 0.717) is 17.1 Å². The molecule has 2 aromatic carbocycles. The van der Waals surface area contributed by atoms with Crippen molar-refractivity contribution in [1.29, 1.82) is 0 Å². The van der Waals surface area contributed by atoms with E-state index in [1.807, 2.05) is 36.3 Å². The van der Waals surface area contributed by atoms with E-state index in [9.17, 15) is 13.2 Å². The molecule has 1 aliphatic heterocycles. The van der Waals surface area contributed by atoms with Crippen molar-refractivity contribution in [2.24, 2.45) is 0 Å². The molecule has 1 N–H and O–H groups in total. The van der Waals surface area contributed by atoms with Crippen molar-refractivity contribution in [3.8, 4) is 22.6 Å². The largest absolute Gasteiger partial charge is 0.493 e. The third-order valence-electron chi connectivity index (χ3n) is 5.89. The lowest BCUT2D eigenvalue weighted by molar-refractivity contribution is -0.140. The molecule has 0 fully saturated rings. The van der Waals surface area contributed by atoms with E-state index in [2.05, 4.69) is 17.3 Å². The van der Waals surface area contributed by atoms with Gasteiger partial charge in [0.1, 0.15) is 0 Å². The average molecular weight is 457 g/mol. The van der Waals surface area contributed by atoms with Gasteiger partial charge >= 0.3 is 6.18 Å². The molecule has 0 aliphatic carbocycles. The molecule has 0 bridgehead atoms. The molecule has 1 aliphatic rings. The number of ether oxygens (including phenoxy) is 2. The number of halogens is 3. The number of methoxy groups -OCH3 is 2. The number of hydrogen-bond donors (Lipinski definition) is 1. The predicted octanol–water partition coefficient (Wildman–Crippen LogP) is 5.26. The van der Waals surface area contributed by atoms with E-state index in [1.54, 1.807) is 26.4 Å². The van der Waals surface area contributed by atoms with Crippen molar-refractivity contribution in [2.75, 3.05) is 21.3 Å². The molecular formula is C25H26F3N3O2. The van der Waals surface area contributed by atoms with Gasteiger partial charge in [0.05, 0.1) is 20.3 Å². The molecule has 0 saturated heterocycles. The molecule has 1 aromatic heterocycles. The van der Waals surface area contributed by atoms with Crippen LogP contribution in [0.15, 0.2) is 54.7 Å². The van der Waals surface area contributed by atoms with Crippen LogP contribution in [0.1, 0.15) is 35.3 Å². The van der Waals surface area contributed by atoms with E-state index in [1.165, 1.54) is 12.1 Å². The Labute approximate surface area is 191 Å². The highest BCUT2D eigenvalue weighted by molar-refractivity contribution is 5.67. The van der Waals surface area contributed by atoms with Crippen LogP contribution in [-0.4, -0.2) is 37.3 Å². The van der Waals surface area contributed by atoms with Gasteiger partial charge in [0, 0.05) is 24.8 Å². The van der Waals surface area contributed by atoms with Crippen molar-refractivity contribution in [3.63, 3.8) is 0 Å². The molecule has 33 heavy (non-hydrogen) atoms. The maximum Gasteiger partial charge on any atom is 0.433 e. The molecule has 2 atom stereocenters. The summed E-state index contributed by atoms with van der Waals surface area (Å²) in [5, 5.41) is 2.03. The molecule has 3 aromatic rings. The summed E-state index contributed by atoms with van der Waals surface area (Å²) in [6, 6.07) is 14.1. The summed E-state index contributed by atoms with van der Waals surface area (Å²) in [6.45, 7) is 2.10. The second kappa shape index (κ2) is 9.03. The minimum atomic E-state index is -4.52.